The Kier molecular flexibility index (Phi) is 4.52. The predicted molar refractivity (Wildman–Crippen MR) is 73.6 cm³/mol. The average molecular weight is 284 g/mol. The zero-order valence-electron chi connectivity index (χ0n) is 12.2. The Balaban J connectivity index is 2.03. The van der Waals surface area contributed by atoms with Gasteiger partial charge in [0, 0.05) is 13.1 Å². The van der Waals surface area contributed by atoms with E-state index in [2.05, 4.69) is 5.32 Å². The third-order valence-corrected chi connectivity index (χ3v) is 4.17. The molecule has 2 atom stereocenters. The van der Waals surface area contributed by atoms with Crippen LogP contribution >= 0.6 is 0 Å². The number of carbonyl (C=O) groups excluding carboxylic acids is 1. The number of carboxylic acid groups (broad SMARTS) is 1. The fourth-order valence-electron chi connectivity index (χ4n) is 3.18. The van der Waals surface area contributed by atoms with Gasteiger partial charge >= 0.3 is 12.0 Å². The van der Waals surface area contributed by atoms with E-state index < -0.39 is 11.5 Å². The second kappa shape index (κ2) is 5.99. The maximum absolute atomic E-state index is 12.4. The van der Waals surface area contributed by atoms with Crippen LogP contribution in [0.1, 0.15) is 46.0 Å². The van der Waals surface area contributed by atoms with Gasteiger partial charge in [0.05, 0.1) is 12.2 Å². The van der Waals surface area contributed by atoms with Crippen molar-refractivity contribution in [1.82, 2.24) is 10.2 Å². The molecule has 1 heterocycles. The summed E-state index contributed by atoms with van der Waals surface area (Å²) in [4.78, 5) is 25.6. The molecule has 0 radical (unpaired) electrons. The van der Waals surface area contributed by atoms with E-state index in [1.807, 2.05) is 13.8 Å². The van der Waals surface area contributed by atoms with Gasteiger partial charge in [-0.15, -0.1) is 0 Å². The van der Waals surface area contributed by atoms with Crippen LogP contribution in [0.25, 0.3) is 0 Å². The number of urea groups is 1. The number of nitrogens with one attached hydrogen (secondary N) is 1. The second-order valence-corrected chi connectivity index (χ2v) is 6.04. The molecule has 1 aliphatic heterocycles. The van der Waals surface area contributed by atoms with Crippen molar-refractivity contribution in [2.24, 2.45) is 0 Å². The summed E-state index contributed by atoms with van der Waals surface area (Å²) in [5, 5.41) is 12.3. The first-order valence-electron chi connectivity index (χ1n) is 7.39. The summed E-state index contributed by atoms with van der Waals surface area (Å²) in [6.07, 6.45) is 3.74. The molecule has 1 saturated carbocycles. The fraction of sp³-hybridized carbons (Fsp3) is 0.857. The van der Waals surface area contributed by atoms with Crippen molar-refractivity contribution in [3.05, 3.63) is 0 Å². The van der Waals surface area contributed by atoms with E-state index in [4.69, 9.17) is 4.74 Å². The normalized spacial score (nSPS) is 29.8. The lowest BCUT2D eigenvalue weighted by Crippen LogP contribution is -2.61. The number of morpholine rings is 1. The van der Waals surface area contributed by atoms with E-state index in [1.165, 1.54) is 0 Å². The van der Waals surface area contributed by atoms with Crippen molar-refractivity contribution in [3.8, 4) is 0 Å². The monoisotopic (exact) mass is 284 g/mol. The van der Waals surface area contributed by atoms with Gasteiger partial charge in [-0.3, -0.25) is 0 Å². The first kappa shape index (κ1) is 15.1. The van der Waals surface area contributed by atoms with Gasteiger partial charge in [-0.2, -0.15) is 0 Å². The maximum Gasteiger partial charge on any atom is 0.329 e. The molecule has 0 aromatic carbocycles. The minimum Gasteiger partial charge on any atom is -0.480 e. The Hall–Kier alpha value is -1.30. The summed E-state index contributed by atoms with van der Waals surface area (Å²) < 4.78 is 5.59. The largest absolute Gasteiger partial charge is 0.480 e. The number of rotatable bonds is 2. The molecule has 0 unspecified atom stereocenters. The topological polar surface area (TPSA) is 78.9 Å². The summed E-state index contributed by atoms with van der Waals surface area (Å²) in [6, 6.07) is -0.281. The van der Waals surface area contributed by atoms with Crippen LogP contribution in [0.2, 0.25) is 0 Å². The number of aliphatic carboxylic acids is 1. The van der Waals surface area contributed by atoms with Crippen molar-refractivity contribution in [2.45, 2.75) is 63.7 Å². The van der Waals surface area contributed by atoms with Gasteiger partial charge in [-0.25, -0.2) is 9.59 Å². The highest BCUT2D eigenvalue weighted by Crippen LogP contribution is 2.29. The molecule has 0 aromatic rings. The maximum atomic E-state index is 12.4. The Bertz CT molecular complexity index is 369. The van der Waals surface area contributed by atoms with Gasteiger partial charge in [0.25, 0.3) is 0 Å². The molecule has 6 heteroatoms. The van der Waals surface area contributed by atoms with Gasteiger partial charge < -0.3 is 20.1 Å². The average Bonchev–Trinajstić information content (AvgIpc) is 2.38. The molecular formula is C14H24N2O4. The number of hydrogen-bond donors (Lipinski definition) is 2. The van der Waals surface area contributed by atoms with Crippen molar-refractivity contribution < 1.29 is 19.4 Å². The quantitative estimate of drug-likeness (QED) is 0.807. The molecule has 2 amide bonds. The molecule has 114 valence electrons. The lowest BCUT2D eigenvalue weighted by molar-refractivity contribution is -0.146. The van der Waals surface area contributed by atoms with Crippen LogP contribution in [-0.4, -0.2) is 52.8 Å². The van der Waals surface area contributed by atoms with E-state index in [0.29, 0.717) is 25.9 Å². The van der Waals surface area contributed by atoms with Crippen LogP contribution in [0.3, 0.4) is 0 Å². The molecule has 1 saturated heterocycles. The Morgan fingerprint density at radius 1 is 1.15 bits per heavy atom. The third-order valence-electron chi connectivity index (χ3n) is 4.17. The highest BCUT2D eigenvalue weighted by molar-refractivity contribution is 5.86. The summed E-state index contributed by atoms with van der Waals surface area (Å²) in [5.41, 5.74) is -1.08. The Morgan fingerprint density at radius 3 is 2.20 bits per heavy atom. The molecule has 2 rings (SSSR count). The number of hydrogen-bond acceptors (Lipinski definition) is 3. The van der Waals surface area contributed by atoms with Crippen molar-refractivity contribution in [2.75, 3.05) is 13.1 Å². The Morgan fingerprint density at radius 2 is 1.70 bits per heavy atom. The fourth-order valence-corrected chi connectivity index (χ4v) is 3.18. The Labute approximate surface area is 119 Å². The van der Waals surface area contributed by atoms with Gasteiger partial charge in [-0.05, 0) is 26.7 Å². The van der Waals surface area contributed by atoms with Gasteiger partial charge in [-0.1, -0.05) is 19.3 Å². The molecule has 1 aliphatic carbocycles. The van der Waals surface area contributed by atoms with Crippen LogP contribution in [0.15, 0.2) is 0 Å². The van der Waals surface area contributed by atoms with Crippen LogP contribution in [0, 0.1) is 0 Å². The number of carbonyl (C=O) groups is 2. The standard InChI is InChI=1S/C14H24N2O4/c1-10-8-16(9-11(2)20-10)13(19)15-14(12(17)18)6-4-3-5-7-14/h10-11H,3-9H2,1-2H3,(H,15,19)(H,17,18)/t10-,11+. The van der Waals surface area contributed by atoms with Gasteiger partial charge in [0.1, 0.15) is 5.54 Å². The molecule has 0 aromatic heterocycles. The lowest BCUT2D eigenvalue weighted by atomic mass is 9.82. The third kappa shape index (κ3) is 3.23. The van der Waals surface area contributed by atoms with Crippen LogP contribution in [0.5, 0.6) is 0 Å². The molecule has 2 N–H and O–H groups in total. The zero-order chi connectivity index (χ0) is 14.8. The van der Waals surface area contributed by atoms with E-state index in [0.717, 1.165) is 19.3 Å². The van der Waals surface area contributed by atoms with E-state index in [-0.39, 0.29) is 18.2 Å². The molecule has 6 nitrogen and oxygen atoms in total. The van der Waals surface area contributed by atoms with Gasteiger partial charge in [0.2, 0.25) is 0 Å². The van der Waals surface area contributed by atoms with Crippen molar-refractivity contribution in [1.29, 1.82) is 0 Å². The van der Waals surface area contributed by atoms with E-state index >= 15 is 0 Å². The molecule has 2 fully saturated rings. The smallest absolute Gasteiger partial charge is 0.329 e. The molecule has 20 heavy (non-hydrogen) atoms. The first-order valence-corrected chi connectivity index (χ1v) is 7.39. The highest BCUT2D eigenvalue weighted by Gasteiger charge is 2.42. The van der Waals surface area contributed by atoms with E-state index in [1.54, 1.807) is 4.90 Å². The number of carboxylic acids is 1. The minimum absolute atomic E-state index is 0.0170. The van der Waals surface area contributed by atoms with E-state index in [9.17, 15) is 14.7 Å². The second-order valence-electron chi connectivity index (χ2n) is 6.04. The predicted octanol–water partition coefficient (Wildman–Crippen LogP) is 1.59. The van der Waals surface area contributed by atoms with Crippen LogP contribution in [-0.2, 0) is 9.53 Å². The van der Waals surface area contributed by atoms with Crippen molar-refractivity contribution >= 4 is 12.0 Å². The lowest BCUT2D eigenvalue weighted by Gasteiger charge is -2.39. The molecule has 2 aliphatic rings. The number of amides is 2. The highest BCUT2D eigenvalue weighted by atomic mass is 16.5. The van der Waals surface area contributed by atoms with Crippen LogP contribution in [0.4, 0.5) is 4.79 Å². The minimum atomic E-state index is -1.08. The number of nitrogens with zero attached hydrogens (tertiary/aromatic N) is 1. The van der Waals surface area contributed by atoms with Crippen LogP contribution < -0.4 is 5.32 Å². The summed E-state index contributed by atoms with van der Waals surface area (Å²) in [6.45, 7) is 4.85. The summed E-state index contributed by atoms with van der Waals surface area (Å²) >= 11 is 0. The zero-order valence-corrected chi connectivity index (χ0v) is 12.2. The van der Waals surface area contributed by atoms with Gasteiger partial charge in [0.15, 0.2) is 0 Å². The summed E-state index contributed by atoms with van der Waals surface area (Å²) in [5.74, 6) is -0.917. The molecule has 0 spiro atoms. The summed E-state index contributed by atoms with van der Waals surface area (Å²) in [7, 11) is 0. The SMILES string of the molecule is C[C@@H]1CN(C(=O)NC2(C(=O)O)CCCCC2)C[C@H](C)O1. The van der Waals surface area contributed by atoms with Crippen molar-refractivity contribution in [3.63, 3.8) is 0 Å². The molecular weight excluding hydrogens is 260 g/mol. The first-order chi connectivity index (χ1) is 9.43. The number of ether oxygens (including phenoxy) is 1. The molecule has 0 bridgehead atoms.